The van der Waals surface area contributed by atoms with Crippen LogP contribution in [0.3, 0.4) is 0 Å². The number of benzene rings is 2. The maximum atomic E-state index is 14.9. The summed E-state index contributed by atoms with van der Waals surface area (Å²) < 4.78 is -1.25. The Hall–Kier alpha value is -3.36. The Morgan fingerprint density at radius 1 is 1.00 bits per heavy atom. The van der Waals surface area contributed by atoms with Crippen molar-refractivity contribution >= 4 is 29.5 Å². The maximum absolute atomic E-state index is 14.9. The standard InChI is InChI=1S/C37H47N3O4S/c1-5-8-23-38(21-6-2)35(44)32-37-20-19-36(4,45-37)30(33(42)39(22-7-3)25-28-17-13-10-14-18-28)31(37)34(43)40(32)29(26-41)24-27-15-11-9-12-16-27/h6-7,9-18,29-32,41H,2-3,5,8,19-26H2,1,4H3/t29-,30+,31+,32?,36-,37?/m1/s1. The van der Waals surface area contributed by atoms with Gasteiger partial charge in [0.25, 0.3) is 0 Å². The Bertz CT molecular complexity index is 1390. The van der Waals surface area contributed by atoms with E-state index >= 15 is 0 Å². The molecular formula is C37H47N3O4S. The van der Waals surface area contributed by atoms with Crippen LogP contribution in [0.2, 0.25) is 0 Å². The predicted molar refractivity (Wildman–Crippen MR) is 180 cm³/mol. The van der Waals surface area contributed by atoms with Gasteiger partial charge in [-0.25, -0.2) is 0 Å². The van der Waals surface area contributed by atoms with Crippen LogP contribution in [-0.2, 0) is 27.3 Å². The molecule has 0 aromatic heterocycles. The SMILES string of the molecule is C=CCN(CCCC)C(=O)C1N([C@@H](CO)Cc2ccccc2)C(=O)[C@@H]2[C@@H](C(=O)N(CC=C)Cc3ccccc3)[C@@]3(C)CCC12S3. The van der Waals surface area contributed by atoms with Gasteiger partial charge < -0.3 is 19.8 Å². The molecule has 2 aromatic carbocycles. The highest BCUT2D eigenvalue weighted by Crippen LogP contribution is 2.72. The number of hydrogen-bond acceptors (Lipinski definition) is 5. The highest BCUT2D eigenvalue weighted by Gasteiger charge is 2.78. The van der Waals surface area contributed by atoms with Gasteiger partial charge in [-0.15, -0.1) is 24.9 Å². The predicted octanol–water partition coefficient (Wildman–Crippen LogP) is 5.10. The van der Waals surface area contributed by atoms with Crippen molar-refractivity contribution in [3.05, 3.63) is 97.1 Å². The number of nitrogens with zero attached hydrogens (tertiary/aromatic N) is 3. The number of fused-ring (bicyclic) bond motifs is 1. The molecule has 2 unspecified atom stereocenters. The van der Waals surface area contributed by atoms with Crippen molar-refractivity contribution < 1.29 is 19.5 Å². The number of carbonyl (C=O) groups excluding carboxylic acids is 3. The van der Waals surface area contributed by atoms with E-state index in [1.165, 1.54) is 0 Å². The lowest BCUT2D eigenvalue weighted by molar-refractivity contribution is -0.148. The zero-order valence-corrected chi connectivity index (χ0v) is 27.5. The molecule has 8 heteroatoms. The lowest BCUT2D eigenvalue weighted by atomic mass is 9.66. The number of carbonyl (C=O) groups is 3. The number of aliphatic hydroxyl groups is 1. The molecule has 5 rings (SSSR count). The smallest absolute Gasteiger partial charge is 0.247 e. The van der Waals surface area contributed by atoms with Crippen molar-refractivity contribution in [3.63, 3.8) is 0 Å². The van der Waals surface area contributed by atoms with Gasteiger partial charge in [-0.1, -0.05) is 86.2 Å². The Kier molecular flexibility index (Phi) is 10.2. The van der Waals surface area contributed by atoms with Gasteiger partial charge in [0.2, 0.25) is 17.7 Å². The summed E-state index contributed by atoms with van der Waals surface area (Å²) in [5, 5.41) is 10.8. The van der Waals surface area contributed by atoms with E-state index in [1.807, 2.05) is 65.6 Å². The summed E-state index contributed by atoms with van der Waals surface area (Å²) >= 11 is 1.68. The van der Waals surface area contributed by atoms with Gasteiger partial charge in [-0.3, -0.25) is 14.4 Å². The van der Waals surface area contributed by atoms with Gasteiger partial charge in [0, 0.05) is 30.9 Å². The van der Waals surface area contributed by atoms with Crippen molar-refractivity contribution in [1.29, 1.82) is 0 Å². The number of unbranched alkanes of at least 4 members (excludes halogenated alkanes) is 1. The van der Waals surface area contributed by atoms with Crippen LogP contribution in [0.4, 0.5) is 0 Å². The van der Waals surface area contributed by atoms with Gasteiger partial charge >= 0.3 is 0 Å². The highest BCUT2D eigenvalue weighted by atomic mass is 32.2. The van der Waals surface area contributed by atoms with Gasteiger partial charge in [0.1, 0.15) is 6.04 Å². The van der Waals surface area contributed by atoms with Crippen LogP contribution in [0.1, 0.15) is 50.7 Å². The van der Waals surface area contributed by atoms with Crippen molar-refractivity contribution in [3.8, 4) is 0 Å². The van der Waals surface area contributed by atoms with Crippen molar-refractivity contribution in [2.45, 2.75) is 74.1 Å². The van der Waals surface area contributed by atoms with Crippen LogP contribution in [0.15, 0.2) is 86.0 Å². The minimum atomic E-state index is -0.778. The molecule has 3 aliphatic heterocycles. The molecule has 3 heterocycles. The second-order valence-electron chi connectivity index (χ2n) is 12.9. The van der Waals surface area contributed by atoms with Gasteiger partial charge in [-0.05, 0) is 43.7 Å². The molecule has 3 aliphatic rings. The van der Waals surface area contributed by atoms with Crippen molar-refractivity contribution in [2.24, 2.45) is 11.8 Å². The fraction of sp³-hybridized carbons (Fsp3) is 0.486. The van der Waals surface area contributed by atoms with Crippen LogP contribution in [0.5, 0.6) is 0 Å². The zero-order chi connectivity index (χ0) is 32.2. The van der Waals surface area contributed by atoms with Gasteiger partial charge in [-0.2, -0.15) is 0 Å². The van der Waals surface area contributed by atoms with Crippen molar-refractivity contribution in [1.82, 2.24) is 14.7 Å². The van der Waals surface area contributed by atoms with Gasteiger partial charge in [0.15, 0.2) is 0 Å². The van der Waals surface area contributed by atoms with Crippen LogP contribution >= 0.6 is 11.8 Å². The topological polar surface area (TPSA) is 81.2 Å². The first-order valence-corrected chi connectivity index (χ1v) is 17.1. The Morgan fingerprint density at radius 3 is 2.22 bits per heavy atom. The minimum Gasteiger partial charge on any atom is -0.394 e. The Morgan fingerprint density at radius 2 is 1.62 bits per heavy atom. The molecular weight excluding hydrogens is 582 g/mol. The second-order valence-corrected chi connectivity index (χ2v) is 14.8. The number of amides is 3. The maximum Gasteiger partial charge on any atom is 0.247 e. The average Bonchev–Trinajstić information content (AvgIpc) is 3.62. The van der Waals surface area contributed by atoms with Crippen LogP contribution < -0.4 is 0 Å². The zero-order valence-electron chi connectivity index (χ0n) is 26.6. The summed E-state index contributed by atoms with van der Waals surface area (Å²) in [7, 11) is 0. The molecule has 1 spiro atoms. The third-order valence-electron chi connectivity index (χ3n) is 9.95. The molecule has 6 atom stereocenters. The highest BCUT2D eigenvalue weighted by molar-refractivity contribution is 8.02. The van der Waals surface area contributed by atoms with Crippen LogP contribution in [-0.4, -0.2) is 85.3 Å². The quantitative estimate of drug-likeness (QED) is 0.278. The number of likely N-dealkylation sites (tertiary alicyclic amines) is 1. The molecule has 3 saturated heterocycles. The number of rotatable bonds is 15. The molecule has 2 aromatic rings. The fourth-order valence-corrected chi connectivity index (χ4v) is 10.2. The first-order chi connectivity index (χ1) is 21.7. The molecule has 3 amide bonds. The third-order valence-corrected chi connectivity index (χ3v) is 11.9. The van der Waals surface area contributed by atoms with E-state index in [9.17, 15) is 19.5 Å². The average molecular weight is 630 g/mol. The summed E-state index contributed by atoms with van der Waals surface area (Å²) in [6.07, 6.45) is 7.06. The fourth-order valence-electron chi connectivity index (χ4n) is 7.91. The molecule has 0 radical (unpaired) electrons. The Labute approximate surface area is 272 Å². The normalized spacial score (nSPS) is 27.2. The van der Waals surface area contributed by atoms with E-state index in [4.69, 9.17) is 0 Å². The van der Waals surface area contributed by atoms with E-state index in [0.29, 0.717) is 39.0 Å². The lowest BCUT2D eigenvalue weighted by Crippen LogP contribution is -2.58. The van der Waals surface area contributed by atoms with E-state index in [-0.39, 0.29) is 24.3 Å². The van der Waals surface area contributed by atoms with Gasteiger partial charge in [0.05, 0.1) is 29.2 Å². The van der Waals surface area contributed by atoms with E-state index in [1.54, 1.807) is 33.7 Å². The number of hydrogen-bond donors (Lipinski definition) is 1. The molecule has 0 aliphatic carbocycles. The van der Waals surface area contributed by atoms with Crippen LogP contribution in [0, 0.1) is 11.8 Å². The van der Waals surface area contributed by atoms with E-state index in [0.717, 1.165) is 30.4 Å². The van der Waals surface area contributed by atoms with Crippen LogP contribution in [0.25, 0.3) is 0 Å². The summed E-state index contributed by atoms with van der Waals surface area (Å²) in [5.41, 5.74) is 1.99. The van der Waals surface area contributed by atoms with E-state index in [2.05, 4.69) is 27.0 Å². The molecule has 2 bridgehead atoms. The number of aliphatic hydroxyl groups excluding tert-OH is 1. The summed E-state index contributed by atoms with van der Waals surface area (Å²) in [6, 6.07) is 18.3. The molecule has 3 fully saturated rings. The summed E-state index contributed by atoms with van der Waals surface area (Å²) in [6.45, 7) is 13.5. The molecule has 45 heavy (non-hydrogen) atoms. The second kappa shape index (κ2) is 14.0. The molecule has 1 N–H and O–H groups in total. The molecule has 240 valence electrons. The first kappa shape index (κ1) is 33.0. The minimum absolute atomic E-state index is 0.0701. The summed E-state index contributed by atoms with van der Waals surface area (Å²) in [5.74, 6) is -1.62. The largest absolute Gasteiger partial charge is 0.394 e. The number of thioether (sulfide) groups is 1. The molecule has 0 saturated carbocycles. The Balaban J connectivity index is 1.57. The molecule has 7 nitrogen and oxygen atoms in total. The monoisotopic (exact) mass is 629 g/mol. The summed E-state index contributed by atoms with van der Waals surface area (Å²) in [4.78, 5) is 49.6. The first-order valence-electron chi connectivity index (χ1n) is 16.2. The van der Waals surface area contributed by atoms with Crippen molar-refractivity contribution in [2.75, 3.05) is 26.2 Å². The van der Waals surface area contributed by atoms with E-state index < -0.39 is 33.4 Å². The third kappa shape index (κ3) is 6.11. The lowest BCUT2D eigenvalue weighted by Gasteiger charge is -2.39.